The van der Waals surface area contributed by atoms with Crippen LogP contribution >= 0.6 is 0 Å². The highest BCUT2D eigenvalue weighted by Gasteiger charge is 2.17. The highest BCUT2D eigenvalue weighted by Crippen LogP contribution is 2.10. The van der Waals surface area contributed by atoms with Crippen molar-refractivity contribution in [3.05, 3.63) is 12.2 Å². The largest absolute Gasteiger partial charge is 0.352 e. The number of carbonyl (C=O) groups excluding carboxylic acids is 1. The third-order valence-electron chi connectivity index (χ3n) is 2.29. The van der Waals surface area contributed by atoms with Gasteiger partial charge in [-0.2, -0.15) is 0 Å². The average Bonchev–Trinajstić information content (AvgIpc) is 2.19. The third kappa shape index (κ3) is 3.23. The van der Waals surface area contributed by atoms with Gasteiger partial charge in [0.1, 0.15) is 0 Å². The van der Waals surface area contributed by atoms with Gasteiger partial charge in [-0.1, -0.05) is 12.2 Å². The van der Waals surface area contributed by atoms with E-state index in [0.29, 0.717) is 6.42 Å². The molecule has 3 nitrogen and oxygen atoms in total. The first-order valence-electron chi connectivity index (χ1n) is 4.88. The summed E-state index contributed by atoms with van der Waals surface area (Å²) in [6.07, 6.45) is 12.5. The minimum atomic E-state index is -0.564. The lowest BCUT2D eigenvalue weighted by atomic mass is 10.0. The van der Waals surface area contributed by atoms with Crippen molar-refractivity contribution in [1.29, 1.82) is 0 Å². The van der Waals surface area contributed by atoms with E-state index in [2.05, 4.69) is 23.4 Å². The highest BCUT2D eigenvalue weighted by atomic mass is 16.2. The first-order valence-corrected chi connectivity index (χ1v) is 4.88. The summed E-state index contributed by atoms with van der Waals surface area (Å²) in [7, 11) is 0. The van der Waals surface area contributed by atoms with Gasteiger partial charge in [-0.05, 0) is 19.3 Å². The van der Waals surface area contributed by atoms with E-state index in [-0.39, 0.29) is 11.9 Å². The standard InChI is InChI=1S/C11H16N2O/c1-2-6-10(12)11(14)13-9-7-4-3-5-8-9/h1,3-4,9-10H,5-8,12H2,(H,13,14). The van der Waals surface area contributed by atoms with Gasteiger partial charge < -0.3 is 11.1 Å². The van der Waals surface area contributed by atoms with Crippen LogP contribution in [0.5, 0.6) is 0 Å². The summed E-state index contributed by atoms with van der Waals surface area (Å²) in [5.41, 5.74) is 5.57. The lowest BCUT2D eigenvalue weighted by molar-refractivity contribution is -0.123. The third-order valence-corrected chi connectivity index (χ3v) is 2.29. The zero-order chi connectivity index (χ0) is 10.4. The van der Waals surface area contributed by atoms with Crippen LogP contribution in [0.3, 0.4) is 0 Å². The number of nitrogens with two attached hydrogens (primary N) is 1. The van der Waals surface area contributed by atoms with Gasteiger partial charge in [0.15, 0.2) is 0 Å². The molecule has 0 aromatic rings. The molecular formula is C11H16N2O. The summed E-state index contributed by atoms with van der Waals surface area (Å²) >= 11 is 0. The van der Waals surface area contributed by atoms with Crippen LogP contribution in [0, 0.1) is 12.3 Å². The lowest BCUT2D eigenvalue weighted by Gasteiger charge is -2.20. The number of nitrogens with one attached hydrogen (secondary N) is 1. The van der Waals surface area contributed by atoms with Gasteiger partial charge in [0, 0.05) is 12.5 Å². The van der Waals surface area contributed by atoms with Crippen LogP contribution in [-0.4, -0.2) is 18.0 Å². The molecular weight excluding hydrogens is 176 g/mol. The van der Waals surface area contributed by atoms with Crippen molar-refractivity contribution in [2.75, 3.05) is 0 Å². The smallest absolute Gasteiger partial charge is 0.238 e. The Morgan fingerprint density at radius 3 is 3.07 bits per heavy atom. The molecule has 0 aliphatic heterocycles. The molecule has 1 aliphatic carbocycles. The second-order valence-electron chi connectivity index (χ2n) is 3.50. The molecule has 1 aliphatic rings. The number of terminal acetylenes is 1. The minimum absolute atomic E-state index is 0.136. The van der Waals surface area contributed by atoms with Gasteiger partial charge in [0.25, 0.3) is 0 Å². The molecule has 0 aromatic carbocycles. The van der Waals surface area contributed by atoms with E-state index >= 15 is 0 Å². The zero-order valence-corrected chi connectivity index (χ0v) is 8.20. The van der Waals surface area contributed by atoms with E-state index in [9.17, 15) is 4.79 Å². The highest BCUT2D eigenvalue weighted by molar-refractivity contribution is 5.82. The first kappa shape index (κ1) is 10.8. The summed E-state index contributed by atoms with van der Waals surface area (Å²) in [4.78, 5) is 11.4. The molecule has 1 rings (SSSR count). The Labute approximate surface area is 84.7 Å². The van der Waals surface area contributed by atoms with Crippen LogP contribution in [0.15, 0.2) is 12.2 Å². The normalized spacial score (nSPS) is 22.4. The summed E-state index contributed by atoms with van der Waals surface area (Å²) in [6.45, 7) is 0. The molecule has 2 atom stereocenters. The van der Waals surface area contributed by atoms with E-state index in [0.717, 1.165) is 19.3 Å². The predicted octanol–water partition coefficient (Wildman–Crippen LogP) is 0.562. The van der Waals surface area contributed by atoms with Crippen LogP contribution in [0.4, 0.5) is 0 Å². The van der Waals surface area contributed by atoms with Crippen molar-refractivity contribution >= 4 is 5.91 Å². The fraction of sp³-hybridized carbons (Fsp3) is 0.545. The van der Waals surface area contributed by atoms with Crippen molar-refractivity contribution in [2.45, 2.75) is 37.8 Å². The number of hydrogen-bond donors (Lipinski definition) is 2. The molecule has 76 valence electrons. The van der Waals surface area contributed by atoms with Crippen molar-refractivity contribution in [2.24, 2.45) is 5.73 Å². The van der Waals surface area contributed by atoms with E-state index < -0.39 is 6.04 Å². The number of allylic oxidation sites excluding steroid dienone is 1. The second kappa shape index (κ2) is 5.46. The monoisotopic (exact) mass is 192 g/mol. The van der Waals surface area contributed by atoms with Gasteiger partial charge in [0.2, 0.25) is 5.91 Å². The SMILES string of the molecule is C#CCC(N)C(=O)NC1CC=CCC1. The van der Waals surface area contributed by atoms with E-state index in [1.807, 2.05) is 0 Å². The van der Waals surface area contributed by atoms with Gasteiger partial charge in [-0.3, -0.25) is 4.79 Å². The maximum atomic E-state index is 11.4. The second-order valence-corrected chi connectivity index (χ2v) is 3.50. The fourth-order valence-corrected chi connectivity index (χ4v) is 1.45. The van der Waals surface area contributed by atoms with Gasteiger partial charge in [-0.15, -0.1) is 12.3 Å². The summed E-state index contributed by atoms with van der Waals surface area (Å²) < 4.78 is 0. The van der Waals surface area contributed by atoms with Crippen molar-refractivity contribution in [3.8, 4) is 12.3 Å². The van der Waals surface area contributed by atoms with Crippen LogP contribution in [-0.2, 0) is 4.79 Å². The van der Waals surface area contributed by atoms with Gasteiger partial charge in [-0.25, -0.2) is 0 Å². The van der Waals surface area contributed by atoms with Gasteiger partial charge in [0.05, 0.1) is 6.04 Å². The Balaban J connectivity index is 2.33. The van der Waals surface area contributed by atoms with Crippen LogP contribution in [0.1, 0.15) is 25.7 Å². The topological polar surface area (TPSA) is 55.1 Å². The van der Waals surface area contributed by atoms with E-state index in [1.54, 1.807) is 0 Å². The Morgan fingerprint density at radius 1 is 1.71 bits per heavy atom. The molecule has 3 N–H and O–H groups in total. The average molecular weight is 192 g/mol. The zero-order valence-electron chi connectivity index (χ0n) is 8.20. The first-order chi connectivity index (χ1) is 6.74. The quantitative estimate of drug-likeness (QED) is 0.507. The molecule has 14 heavy (non-hydrogen) atoms. The Hall–Kier alpha value is -1.27. The molecule has 3 heteroatoms. The maximum Gasteiger partial charge on any atom is 0.238 e. The Kier molecular flexibility index (Phi) is 4.21. The molecule has 2 unspecified atom stereocenters. The number of amides is 1. The van der Waals surface area contributed by atoms with Crippen molar-refractivity contribution < 1.29 is 4.79 Å². The van der Waals surface area contributed by atoms with Crippen LogP contribution < -0.4 is 11.1 Å². The molecule has 0 bridgehead atoms. The summed E-state index contributed by atoms with van der Waals surface area (Å²) in [5, 5.41) is 2.89. The fourth-order valence-electron chi connectivity index (χ4n) is 1.45. The molecule has 0 aromatic heterocycles. The molecule has 1 amide bonds. The Bertz CT molecular complexity index is 265. The molecule has 0 spiro atoms. The molecule has 0 fully saturated rings. The van der Waals surface area contributed by atoms with E-state index in [4.69, 9.17) is 12.2 Å². The number of rotatable bonds is 3. The molecule has 0 saturated heterocycles. The van der Waals surface area contributed by atoms with E-state index in [1.165, 1.54) is 0 Å². The number of carbonyl (C=O) groups is 1. The number of hydrogen-bond acceptors (Lipinski definition) is 2. The van der Waals surface area contributed by atoms with Crippen LogP contribution in [0.2, 0.25) is 0 Å². The predicted molar refractivity (Wildman–Crippen MR) is 56.3 cm³/mol. The summed E-state index contributed by atoms with van der Waals surface area (Å²) in [5.74, 6) is 2.25. The minimum Gasteiger partial charge on any atom is -0.352 e. The van der Waals surface area contributed by atoms with Crippen LogP contribution in [0.25, 0.3) is 0 Å². The Morgan fingerprint density at radius 2 is 2.50 bits per heavy atom. The molecule has 0 heterocycles. The molecule has 0 radical (unpaired) electrons. The van der Waals surface area contributed by atoms with Crippen molar-refractivity contribution in [1.82, 2.24) is 5.32 Å². The maximum absolute atomic E-state index is 11.4. The van der Waals surface area contributed by atoms with Crippen molar-refractivity contribution in [3.63, 3.8) is 0 Å². The van der Waals surface area contributed by atoms with Gasteiger partial charge >= 0.3 is 0 Å². The molecule has 0 saturated carbocycles. The lowest BCUT2D eigenvalue weighted by Crippen LogP contribution is -2.45. The summed E-state index contributed by atoms with van der Waals surface area (Å²) in [6, 6.07) is -0.331.